The fourth-order valence-electron chi connectivity index (χ4n) is 3.72. The molecule has 0 aliphatic carbocycles. The molecule has 1 aliphatic heterocycles. The molecule has 0 saturated carbocycles. The van der Waals surface area contributed by atoms with Gasteiger partial charge in [-0.25, -0.2) is 4.39 Å². The fraction of sp³-hybridized carbons (Fsp3) is 0.381. The fourth-order valence-corrected chi connectivity index (χ4v) is 3.72. The van der Waals surface area contributed by atoms with Gasteiger partial charge in [0.05, 0.1) is 11.3 Å². The highest BCUT2D eigenvalue weighted by Gasteiger charge is 2.19. The van der Waals surface area contributed by atoms with Crippen molar-refractivity contribution in [3.63, 3.8) is 0 Å². The molecule has 4 nitrogen and oxygen atoms in total. The molecule has 1 aliphatic rings. The van der Waals surface area contributed by atoms with Crippen molar-refractivity contribution >= 4 is 11.0 Å². The Morgan fingerprint density at radius 2 is 1.81 bits per heavy atom. The molecule has 0 bridgehead atoms. The number of aromatic hydroxyl groups is 1. The molecular formula is C21H23FN2O2. The number of hydrogen-bond donors (Lipinski definition) is 1. The lowest BCUT2D eigenvalue weighted by Crippen LogP contribution is -2.24. The zero-order chi connectivity index (χ0) is 17.9. The number of benzene rings is 2. The van der Waals surface area contributed by atoms with Crippen LogP contribution in [0.2, 0.25) is 0 Å². The Morgan fingerprint density at radius 1 is 1.04 bits per heavy atom. The molecule has 136 valence electrons. The van der Waals surface area contributed by atoms with Crippen LogP contribution in [0.5, 0.6) is 5.75 Å². The summed E-state index contributed by atoms with van der Waals surface area (Å²) in [6.45, 7) is 2.72. The van der Waals surface area contributed by atoms with E-state index in [-0.39, 0.29) is 11.6 Å². The monoisotopic (exact) mass is 354 g/mol. The number of aromatic nitrogens is 1. The van der Waals surface area contributed by atoms with Gasteiger partial charge in [-0.1, -0.05) is 36.2 Å². The van der Waals surface area contributed by atoms with Crippen LogP contribution in [-0.2, 0) is 13.0 Å². The quantitative estimate of drug-likeness (QED) is 0.741. The average Bonchev–Trinajstić information content (AvgIpc) is 2.86. The topological polar surface area (TPSA) is 49.5 Å². The number of likely N-dealkylation sites (tertiary alicyclic amines) is 1. The highest BCUT2D eigenvalue weighted by Crippen LogP contribution is 2.32. The van der Waals surface area contributed by atoms with Gasteiger partial charge in [-0.05, 0) is 49.7 Å². The summed E-state index contributed by atoms with van der Waals surface area (Å²) in [6.07, 6.45) is 5.27. The van der Waals surface area contributed by atoms with Crippen molar-refractivity contribution in [2.45, 2.75) is 38.6 Å². The molecule has 0 unspecified atom stereocenters. The molecule has 0 amide bonds. The van der Waals surface area contributed by atoms with Crippen LogP contribution in [0.3, 0.4) is 0 Å². The summed E-state index contributed by atoms with van der Waals surface area (Å²) in [5.74, 6) is -0.0115. The van der Waals surface area contributed by atoms with Crippen LogP contribution in [-0.4, -0.2) is 28.3 Å². The number of hydrogen-bond acceptors (Lipinski definition) is 4. The van der Waals surface area contributed by atoms with E-state index in [1.807, 2.05) is 12.1 Å². The second kappa shape index (κ2) is 7.46. The Labute approximate surface area is 152 Å². The molecule has 1 fully saturated rings. The molecule has 26 heavy (non-hydrogen) atoms. The first-order chi connectivity index (χ1) is 12.7. The van der Waals surface area contributed by atoms with Gasteiger partial charge in [0.2, 0.25) is 0 Å². The second-order valence-electron chi connectivity index (χ2n) is 7.03. The second-order valence-corrected chi connectivity index (χ2v) is 7.03. The maximum Gasteiger partial charge on any atom is 0.175 e. The minimum Gasteiger partial charge on any atom is -0.507 e. The van der Waals surface area contributed by atoms with E-state index in [2.05, 4.69) is 10.1 Å². The molecule has 4 rings (SSSR count). The van der Waals surface area contributed by atoms with Gasteiger partial charge in [-0.2, -0.15) is 0 Å². The molecule has 1 N–H and O–H groups in total. The SMILES string of the molecule is Oc1ccc2c(Cc3ccccc3F)noc2c1CN1CCCCCC1. The van der Waals surface area contributed by atoms with Gasteiger partial charge in [0.1, 0.15) is 11.6 Å². The molecule has 0 radical (unpaired) electrons. The van der Waals surface area contributed by atoms with E-state index in [0.717, 1.165) is 24.0 Å². The summed E-state index contributed by atoms with van der Waals surface area (Å²) in [4.78, 5) is 2.36. The normalized spacial score (nSPS) is 16.0. The summed E-state index contributed by atoms with van der Waals surface area (Å²) in [7, 11) is 0. The van der Waals surface area contributed by atoms with Crippen molar-refractivity contribution in [3.05, 3.63) is 59.0 Å². The Hall–Kier alpha value is -2.40. The zero-order valence-corrected chi connectivity index (χ0v) is 14.7. The highest BCUT2D eigenvalue weighted by atomic mass is 19.1. The first-order valence-corrected chi connectivity index (χ1v) is 9.27. The standard InChI is InChI=1S/C21H23FN2O2/c22-18-8-4-3-7-15(18)13-19-16-9-10-20(25)17(21(16)26-23-19)14-24-11-5-1-2-6-12-24/h3-4,7-10,25H,1-2,5-6,11-14H2. The van der Waals surface area contributed by atoms with Gasteiger partial charge in [-0.15, -0.1) is 0 Å². The summed E-state index contributed by atoms with van der Waals surface area (Å²) >= 11 is 0. The average molecular weight is 354 g/mol. The van der Waals surface area contributed by atoms with Gasteiger partial charge in [0.25, 0.3) is 0 Å². The first-order valence-electron chi connectivity index (χ1n) is 9.27. The van der Waals surface area contributed by atoms with Crippen molar-refractivity contribution in [2.24, 2.45) is 0 Å². The zero-order valence-electron chi connectivity index (χ0n) is 14.7. The number of fused-ring (bicyclic) bond motifs is 1. The lowest BCUT2D eigenvalue weighted by Gasteiger charge is -2.20. The van der Waals surface area contributed by atoms with Crippen LogP contribution in [0.25, 0.3) is 11.0 Å². The number of phenolic OH excluding ortho intramolecular Hbond substituents is 1. The van der Waals surface area contributed by atoms with Crippen LogP contribution < -0.4 is 0 Å². The Morgan fingerprint density at radius 3 is 2.58 bits per heavy atom. The van der Waals surface area contributed by atoms with Crippen molar-refractivity contribution in [1.29, 1.82) is 0 Å². The molecule has 0 spiro atoms. The maximum atomic E-state index is 14.0. The predicted molar refractivity (Wildman–Crippen MR) is 98.6 cm³/mol. The third-order valence-electron chi connectivity index (χ3n) is 5.19. The van der Waals surface area contributed by atoms with Crippen molar-refractivity contribution in [1.82, 2.24) is 10.1 Å². The van der Waals surface area contributed by atoms with Gasteiger partial charge >= 0.3 is 0 Å². The van der Waals surface area contributed by atoms with E-state index < -0.39 is 0 Å². The van der Waals surface area contributed by atoms with E-state index >= 15 is 0 Å². The van der Waals surface area contributed by atoms with E-state index in [0.29, 0.717) is 29.8 Å². The van der Waals surface area contributed by atoms with E-state index in [1.54, 1.807) is 18.2 Å². The van der Waals surface area contributed by atoms with E-state index in [1.165, 1.54) is 31.7 Å². The van der Waals surface area contributed by atoms with Crippen molar-refractivity contribution in [2.75, 3.05) is 13.1 Å². The molecule has 0 atom stereocenters. The van der Waals surface area contributed by atoms with Gasteiger partial charge in [-0.3, -0.25) is 4.90 Å². The van der Waals surface area contributed by atoms with Gasteiger partial charge in [0.15, 0.2) is 5.58 Å². The van der Waals surface area contributed by atoms with Crippen LogP contribution in [0.4, 0.5) is 4.39 Å². The minimum atomic E-state index is -0.243. The molecule has 1 aromatic heterocycles. The predicted octanol–water partition coefficient (Wildman–Crippen LogP) is 4.64. The summed E-state index contributed by atoms with van der Waals surface area (Å²) in [6, 6.07) is 10.2. The number of nitrogens with zero attached hydrogens (tertiary/aromatic N) is 2. The Bertz CT molecular complexity index is 898. The number of halogens is 1. The van der Waals surface area contributed by atoms with Crippen LogP contribution in [0, 0.1) is 5.82 Å². The summed E-state index contributed by atoms with van der Waals surface area (Å²) < 4.78 is 19.6. The largest absolute Gasteiger partial charge is 0.507 e. The molecule has 2 aromatic carbocycles. The number of phenols is 1. The third-order valence-corrected chi connectivity index (χ3v) is 5.19. The summed E-state index contributed by atoms with van der Waals surface area (Å²) in [5, 5.41) is 15.4. The molecule has 1 saturated heterocycles. The molecule has 5 heteroatoms. The van der Waals surface area contributed by atoms with Crippen LogP contribution in [0.1, 0.15) is 42.5 Å². The highest BCUT2D eigenvalue weighted by molar-refractivity contribution is 5.84. The molecule has 2 heterocycles. The van der Waals surface area contributed by atoms with Crippen LogP contribution in [0.15, 0.2) is 40.9 Å². The lowest BCUT2D eigenvalue weighted by molar-refractivity contribution is 0.272. The smallest absolute Gasteiger partial charge is 0.175 e. The van der Waals surface area contributed by atoms with Crippen molar-refractivity contribution < 1.29 is 14.0 Å². The maximum absolute atomic E-state index is 14.0. The first kappa shape index (κ1) is 17.0. The van der Waals surface area contributed by atoms with Crippen molar-refractivity contribution in [3.8, 4) is 5.75 Å². The summed E-state index contributed by atoms with van der Waals surface area (Å²) in [5.41, 5.74) is 2.67. The third kappa shape index (κ3) is 3.44. The Kier molecular flexibility index (Phi) is 4.89. The van der Waals surface area contributed by atoms with Gasteiger partial charge in [0, 0.05) is 18.4 Å². The van der Waals surface area contributed by atoms with Gasteiger partial charge < -0.3 is 9.63 Å². The van der Waals surface area contributed by atoms with E-state index in [9.17, 15) is 9.50 Å². The van der Waals surface area contributed by atoms with Crippen LogP contribution >= 0.6 is 0 Å². The Balaban J connectivity index is 1.65. The molecule has 3 aromatic rings. The number of rotatable bonds is 4. The molecular weight excluding hydrogens is 331 g/mol. The minimum absolute atomic E-state index is 0.232. The van der Waals surface area contributed by atoms with E-state index in [4.69, 9.17) is 4.52 Å². The lowest BCUT2D eigenvalue weighted by atomic mass is 10.0.